The molecule has 0 spiro atoms. The molecule has 3 aliphatic rings. The van der Waals surface area contributed by atoms with E-state index in [-0.39, 0.29) is 36.3 Å². The summed E-state index contributed by atoms with van der Waals surface area (Å²) in [5, 5.41) is 12.4. The Bertz CT molecular complexity index is 1340. The van der Waals surface area contributed by atoms with Crippen LogP contribution in [0.4, 0.5) is 23.2 Å². The molecule has 3 unspecified atom stereocenters. The minimum absolute atomic E-state index is 0.0708. The van der Waals surface area contributed by atoms with Crippen LogP contribution in [0.1, 0.15) is 88.3 Å². The fourth-order valence-corrected chi connectivity index (χ4v) is 6.11. The van der Waals surface area contributed by atoms with Crippen molar-refractivity contribution in [3.05, 3.63) is 47.5 Å². The van der Waals surface area contributed by atoms with Crippen molar-refractivity contribution >= 4 is 23.4 Å². The zero-order valence-corrected chi connectivity index (χ0v) is 26.5. The quantitative estimate of drug-likeness (QED) is 0.308. The van der Waals surface area contributed by atoms with Crippen LogP contribution in [0.2, 0.25) is 0 Å². The second-order valence-corrected chi connectivity index (χ2v) is 12.2. The maximum atomic E-state index is 15.3. The molecule has 1 aromatic carbocycles. The molecular formula is C32H44F4N6O3. The Labute approximate surface area is 261 Å². The van der Waals surface area contributed by atoms with Gasteiger partial charge in [0.25, 0.3) is 5.91 Å². The highest BCUT2D eigenvalue weighted by molar-refractivity contribution is 6.01. The molecule has 2 aliphatic carbocycles. The number of carbonyl (C=O) groups is 3. The van der Waals surface area contributed by atoms with Gasteiger partial charge in [0.1, 0.15) is 23.6 Å². The van der Waals surface area contributed by atoms with E-state index in [4.69, 9.17) is 0 Å². The van der Waals surface area contributed by atoms with Crippen LogP contribution < -0.4 is 16.0 Å². The lowest BCUT2D eigenvalue weighted by Gasteiger charge is -2.38. The van der Waals surface area contributed by atoms with Crippen molar-refractivity contribution in [3.63, 3.8) is 0 Å². The van der Waals surface area contributed by atoms with Gasteiger partial charge in [-0.15, -0.1) is 0 Å². The molecule has 3 atom stereocenters. The summed E-state index contributed by atoms with van der Waals surface area (Å²) in [6.07, 6.45) is 0.771. The van der Waals surface area contributed by atoms with Gasteiger partial charge in [-0.2, -0.15) is 18.3 Å². The van der Waals surface area contributed by atoms with Crippen LogP contribution >= 0.6 is 0 Å². The van der Waals surface area contributed by atoms with E-state index < -0.39 is 54.3 Å². The molecule has 2 saturated carbocycles. The van der Waals surface area contributed by atoms with Gasteiger partial charge in [0, 0.05) is 31.9 Å². The van der Waals surface area contributed by atoms with Crippen molar-refractivity contribution in [3.8, 4) is 0 Å². The van der Waals surface area contributed by atoms with Crippen molar-refractivity contribution in [2.24, 2.45) is 17.8 Å². The van der Waals surface area contributed by atoms with Crippen LogP contribution in [-0.2, 0) is 9.59 Å². The van der Waals surface area contributed by atoms with Gasteiger partial charge in [-0.25, -0.2) is 4.39 Å². The number of piperazine rings is 1. The smallest absolute Gasteiger partial charge is 0.339 e. The van der Waals surface area contributed by atoms with Crippen molar-refractivity contribution in [2.45, 2.75) is 90.5 Å². The van der Waals surface area contributed by atoms with Crippen molar-refractivity contribution < 1.29 is 31.9 Å². The molecular weight excluding hydrogens is 592 g/mol. The second-order valence-electron chi connectivity index (χ2n) is 12.2. The Hall–Kier alpha value is -3.48. The molecule has 248 valence electrons. The van der Waals surface area contributed by atoms with E-state index in [1.165, 1.54) is 25.3 Å². The maximum Gasteiger partial charge on any atom is 0.410 e. The topological polar surface area (TPSA) is 108 Å². The minimum atomic E-state index is -4.60. The SMILES string of the molecule is CC.CC(C(=O)N1CCNCC1C(F)(F)F)c1ccc(NC(=O)C(NC(=O)c2ccnn2C(C)C)C(C2CC2)C2CC2)c(F)c1. The van der Waals surface area contributed by atoms with Gasteiger partial charge in [-0.1, -0.05) is 19.9 Å². The van der Waals surface area contributed by atoms with Gasteiger partial charge >= 0.3 is 6.18 Å². The number of hydrogen-bond acceptors (Lipinski definition) is 5. The molecule has 2 heterocycles. The van der Waals surface area contributed by atoms with E-state index in [9.17, 15) is 27.6 Å². The third-order valence-corrected chi connectivity index (χ3v) is 8.70. The molecule has 2 aromatic rings. The van der Waals surface area contributed by atoms with E-state index in [1.54, 1.807) is 10.7 Å². The van der Waals surface area contributed by atoms with E-state index in [1.807, 2.05) is 27.7 Å². The molecule has 9 nitrogen and oxygen atoms in total. The molecule has 45 heavy (non-hydrogen) atoms. The number of aromatic nitrogens is 2. The standard InChI is InChI=1S/C30H38F4N6O3.C2H6/c1-16(2)40-23(10-11-36-40)27(41)38-26(25(18-4-5-18)19-6-7-19)28(42)37-22-9-8-20(14-21(22)31)17(3)29(43)39-13-12-35-15-24(39)30(32,33)34;1-2/h8-11,14,16-19,24-26,35H,4-7,12-13,15H2,1-3H3,(H,37,42)(H,38,41);1-2H3. The highest BCUT2D eigenvalue weighted by Gasteiger charge is 2.49. The van der Waals surface area contributed by atoms with Crippen LogP contribution in [0.3, 0.4) is 0 Å². The van der Waals surface area contributed by atoms with E-state index >= 15 is 4.39 Å². The number of nitrogens with one attached hydrogen (secondary N) is 3. The van der Waals surface area contributed by atoms with Gasteiger partial charge in [0.2, 0.25) is 11.8 Å². The predicted octanol–water partition coefficient (Wildman–Crippen LogP) is 5.27. The van der Waals surface area contributed by atoms with E-state index in [0.29, 0.717) is 17.5 Å². The van der Waals surface area contributed by atoms with Crippen LogP contribution in [0, 0.1) is 23.6 Å². The number of nitrogens with zero attached hydrogens (tertiary/aromatic N) is 3. The molecule has 1 aromatic heterocycles. The lowest BCUT2D eigenvalue weighted by Crippen LogP contribution is -2.60. The first-order valence-electron chi connectivity index (χ1n) is 15.9. The summed E-state index contributed by atoms with van der Waals surface area (Å²) in [5.41, 5.74) is 0.380. The minimum Gasteiger partial charge on any atom is -0.339 e. The Balaban J connectivity index is 0.00000226. The molecule has 5 rings (SSSR count). The average Bonchev–Trinajstić information content (AvgIpc) is 3.96. The third-order valence-electron chi connectivity index (χ3n) is 8.70. The number of benzene rings is 1. The molecule has 3 fully saturated rings. The Kier molecular flexibility index (Phi) is 10.9. The number of anilines is 1. The van der Waals surface area contributed by atoms with Crippen molar-refractivity contribution in [1.82, 2.24) is 25.3 Å². The molecule has 3 amide bonds. The third kappa shape index (κ3) is 8.03. The first-order chi connectivity index (χ1) is 21.4. The van der Waals surface area contributed by atoms with Gasteiger partial charge in [0.15, 0.2) is 0 Å². The van der Waals surface area contributed by atoms with Crippen LogP contribution in [0.5, 0.6) is 0 Å². The first-order valence-corrected chi connectivity index (χ1v) is 15.9. The molecule has 0 bridgehead atoms. The number of rotatable bonds is 10. The van der Waals surface area contributed by atoms with Crippen LogP contribution in [-0.4, -0.2) is 70.3 Å². The first kappa shape index (κ1) is 34.4. The summed E-state index contributed by atoms with van der Waals surface area (Å²) < 4.78 is 57.5. The normalized spacial score (nSPS) is 19.9. The van der Waals surface area contributed by atoms with Gasteiger partial charge < -0.3 is 20.9 Å². The fourth-order valence-electron chi connectivity index (χ4n) is 6.11. The lowest BCUT2D eigenvalue weighted by molar-refractivity contribution is -0.193. The monoisotopic (exact) mass is 636 g/mol. The van der Waals surface area contributed by atoms with Gasteiger partial charge in [0.05, 0.1) is 11.6 Å². The van der Waals surface area contributed by atoms with Crippen LogP contribution in [0.25, 0.3) is 0 Å². The summed E-state index contributed by atoms with van der Waals surface area (Å²) >= 11 is 0. The number of carbonyl (C=O) groups excluding carboxylic acids is 3. The highest BCUT2D eigenvalue weighted by atomic mass is 19.4. The summed E-state index contributed by atoms with van der Waals surface area (Å²) in [6.45, 7) is 8.94. The highest BCUT2D eigenvalue weighted by Crippen LogP contribution is 2.51. The molecule has 1 saturated heterocycles. The van der Waals surface area contributed by atoms with E-state index in [0.717, 1.165) is 36.6 Å². The average molecular weight is 637 g/mol. The van der Waals surface area contributed by atoms with Crippen LogP contribution in [0.15, 0.2) is 30.5 Å². The number of alkyl halides is 3. The Morgan fingerprint density at radius 2 is 1.67 bits per heavy atom. The summed E-state index contributed by atoms with van der Waals surface area (Å²) in [4.78, 5) is 40.8. The van der Waals surface area contributed by atoms with E-state index in [2.05, 4.69) is 21.0 Å². The number of hydrogen-bond donors (Lipinski definition) is 3. The van der Waals surface area contributed by atoms with Gasteiger partial charge in [-0.3, -0.25) is 19.1 Å². The second kappa shape index (κ2) is 14.3. The number of halogens is 4. The zero-order valence-electron chi connectivity index (χ0n) is 26.5. The van der Waals surface area contributed by atoms with Gasteiger partial charge in [-0.05, 0) is 88.0 Å². The van der Waals surface area contributed by atoms with Crippen molar-refractivity contribution in [2.75, 3.05) is 25.0 Å². The van der Waals surface area contributed by atoms with Crippen molar-refractivity contribution in [1.29, 1.82) is 0 Å². The fraction of sp³-hybridized carbons (Fsp3) is 0.625. The lowest BCUT2D eigenvalue weighted by atomic mass is 9.88. The zero-order chi connectivity index (χ0) is 33.1. The Morgan fingerprint density at radius 1 is 1.02 bits per heavy atom. The summed E-state index contributed by atoms with van der Waals surface area (Å²) in [6, 6.07) is 2.47. The molecule has 0 radical (unpaired) electrons. The predicted molar refractivity (Wildman–Crippen MR) is 162 cm³/mol. The molecule has 1 aliphatic heterocycles. The molecule has 13 heteroatoms. The maximum absolute atomic E-state index is 15.3. The largest absolute Gasteiger partial charge is 0.410 e. The molecule has 3 N–H and O–H groups in total. The number of amides is 3. The summed E-state index contributed by atoms with van der Waals surface area (Å²) in [5.74, 6) is -3.08. The summed E-state index contributed by atoms with van der Waals surface area (Å²) in [7, 11) is 0. The Morgan fingerprint density at radius 3 is 2.22 bits per heavy atom.